The predicted molar refractivity (Wildman–Crippen MR) is 136 cm³/mol. The second kappa shape index (κ2) is 10.6. The highest BCUT2D eigenvalue weighted by atomic mass is 32.2. The summed E-state index contributed by atoms with van der Waals surface area (Å²) < 4.78 is 2.28. The number of hydrogen-bond acceptors (Lipinski definition) is 6. The molecule has 1 saturated carbocycles. The maximum absolute atomic E-state index is 13.1. The van der Waals surface area contributed by atoms with Gasteiger partial charge in [0.1, 0.15) is 0 Å². The monoisotopic (exact) mass is 476 g/mol. The van der Waals surface area contributed by atoms with Gasteiger partial charge in [0.05, 0.1) is 5.75 Å². The normalized spacial score (nSPS) is 21.0. The fourth-order valence-electron chi connectivity index (χ4n) is 5.12. The smallest absolute Gasteiger partial charge is 0.233 e. The maximum Gasteiger partial charge on any atom is 0.233 e. The van der Waals surface area contributed by atoms with Crippen molar-refractivity contribution in [3.8, 4) is 11.4 Å². The molecule has 1 aliphatic heterocycles. The number of carbonyl (C=O) groups is 1. The molecule has 2 atom stereocenters. The molecule has 34 heavy (non-hydrogen) atoms. The van der Waals surface area contributed by atoms with E-state index >= 15 is 0 Å². The van der Waals surface area contributed by atoms with Crippen LogP contribution in [-0.2, 0) is 4.79 Å². The van der Waals surface area contributed by atoms with Gasteiger partial charge in [-0.15, -0.1) is 10.2 Å². The zero-order valence-electron chi connectivity index (χ0n) is 19.7. The van der Waals surface area contributed by atoms with Crippen molar-refractivity contribution in [3.05, 3.63) is 54.9 Å². The summed E-state index contributed by atoms with van der Waals surface area (Å²) in [6.45, 7) is 5.55. The Balaban J connectivity index is 1.27. The van der Waals surface area contributed by atoms with E-state index in [1.54, 1.807) is 6.20 Å². The molecule has 3 aromatic rings. The molecule has 2 fully saturated rings. The van der Waals surface area contributed by atoms with Gasteiger partial charge in [0.15, 0.2) is 11.0 Å². The van der Waals surface area contributed by atoms with Crippen LogP contribution in [0.25, 0.3) is 11.4 Å². The molecule has 178 valence electrons. The number of amides is 1. The van der Waals surface area contributed by atoms with E-state index in [2.05, 4.69) is 55.8 Å². The van der Waals surface area contributed by atoms with Gasteiger partial charge in [-0.3, -0.25) is 14.3 Å². The minimum Gasteiger partial charge on any atom is -0.368 e. The molecule has 0 N–H and O–H groups in total. The van der Waals surface area contributed by atoms with Gasteiger partial charge in [-0.05, 0) is 43.0 Å². The molecular formula is C26H32N6OS. The highest BCUT2D eigenvalue weighted by molar-refractivity contribution is 7.99. The third-order valence-corrected chi connectivity index (χ3v) is 7.99. The quantitative estimate of drug-likeness (QED) is 0.487. The molecule has 1 amide bonds. The van der Waals surface area contributed by atoms with Crippen molar-refractivity contribution in [1.29, 1.82) is 0 Å². The second-order valence-electron chi connectivity index (χ2n) is 9.24. The molecule has 2 aliphatic rings. The third kappa shape index (κ3) is 4.97. The van der Waals surface area contributed by atoms with Crippen molar-refractivity contribution in [2.45, 2.75) is 43.8 Å². The lowest BCUT2D eigenvalue weighted by Gasteiger charge is -2.36. The molecule has 2 aromatic heterocycles. The third-order valence-electron chi connectivity index (χ3n) is 7.06. The van der Waals surface area contributed by atoms with Crippen molar-refractivity contribution in [1.82, 2.24) is 24.6 Å². The minimum atomic E-state index is 0.173. The van der Waals surface area contributed by atoms with Gasteiger partial charge in [0, 0.05) is 55.9 Å². The Hall–Kier alpha value is -2.87. The SMILES string of the molecule is CC1CCCCC1n1c(SCC(=O)N2CCN(c3ccccc3)CC2)nnc1-c1cccnc1. The number of anilines is 1. The number of hydrogen-bond donors (Lipinski definition) is 0. The van der Waals surface area contributed by atoms with Gasteiger partial charge < -0.3 is 9.80 Å². The summed E-state index contributed by atoms with van der Waals surface area (Å²) in [5, 5.41) is 9.93. The standard InChI is InChI=1S/C26H32N6OS/c1-20-8-5-6-12-23(20)32-25(21-9-7-13-27-18-21)28-29-26(32)34-19-24(33)31-16-14-30(15-17-31)22-10-3-2-4-11-22/h2-4,7,9-11,13,18,20,23H,5-6,8,12,14-17,19H2,1H3. The topological polar surface area (TPSA) is 67.2 Å². The van der Waals surface area contributed by atoms with E-state index in [1.807, 2.05) is 29.3 Å². The molecular weight excluding hydrogens is 444 g/mol. The Morgan fingerprint density at radius 2 is 1.79 bits per heavy atom. The zero-order chi connectivity index (χ0) is 23.3. The second-order valence-corrected chi connectivity index (χ2v) is 10.2. The lowest BCUT2D eigenvalue weighted by Crippen LogP contribution is -2.49. The average molecular weight is 477 g/mol. The van der Waals surface area contributed by atoms with Crippen LogP contribution >= 0.6 is 11.8 Å². The van der Waals surface area contributed by atoms with E-state index in [-0.39, 0.29) is 5.91 Å². The van der Waals surface area contributed by atoms with Crippen LogP contribution in [0.5, 0.6) is 0 Å². The number of carbonyl (C=O) groups excluding carboxylic acids is 1. The number of para-hydroxylation sites is 1. The van der Waals surface area contributed by atoms with Crippen LogP contribution in [0.2, 0.25) is 0 Å². The van der Waals surface area contributed by atoms with Gasteiger partial charge in [0.25, 0.3) is 0 Å². The number of aromatic nitrogens is 4. The number of pyridine rings is 1. The predicted octanol–water partition coefficient (Wildman–Crippen LogP) is 4.53. The van der Waals surface area contributed by atoms with Gasteiger partial charge in [-0.1, -0.05) is 49.7 Å². The highest BCUT2D eigenvalue weighted by Gasteiger charge is 2.29. The van der Waals surface area contributed by atoms with E-state index in [9.17, 15) is 4.79 Å². The Labute approximate surface area is 205 Å². The molecule has 5 rings (SSSR count). The van der Waals surface area contributed by atoms with Crippen molar-refractivity contribution in [3.63, 3.8) is 0 Å². The van der Waals surface area contributed by atoms with Crippen LogP contribution in [0.3, 0.4) is 0 Å². The molecule has 1 saturated heterocycles. The molecule has 0 bridgehead atoms. The Morgan fingerprint density at radius 3 is 2.53 bits per heavy atom. The lowest BCUT2D eigenvalue weighted by atomic mass is 9.85. The molecule has 0 radical (unpaired) electrons. The molecule has 8 heteroatoms. The lowest BCUT2D eigenvalue weighted by molar-refractivity contribution is -0.128. The number of benzene rings is 1. The Bertz CT molecular complexity index is 1080. The Kier molecular flexibility index (Phi) is 7.13. The van der Waals surface area contributed by atoms with Gasteiger partial charge in [-0.2, -0.15) is 0 Å². The molecule has 1 aliphatic carbocycles. The van der Waals surface area contributed by atoms with Crippen molar-refractivity contribution >= 4 is 23.4 Å². The fraction of sp³-hybridized carbons (Fsp3) is 0.462. The molecule has 1 aromatic carbocycles. The van der Waals surface area contributed by atoms with Crippen LogP contribution < -0.4 is 4.90 Å². The zero-order valence-corrected chi connectivity index (χ0v) is 20.5. The number of thioether (sulfide) groups is 1. The largest absolute Gasteiger partial charge is 0.368 e. The summed E-state index contributed by atoms with van der Waals surface area (Å²) in [5.41, 5.74) is 2.20. The van der Waals surface area contributed by atoms with E-state index in [0.717, 1.165) is 49.1 Å². The van der Waals surface area contributed by atoms with Gasteiger partial charge in [-0.25, -0.2) is 0 Å². The molecule has 3 heterocycles. The maximum atomic E-state index is 13.1. The van der Waals surface area contributed by atoms with Crippen molar-refractivity contribution in [2.24, 2.45) is 5.92 Å². The van der Waals surface area contributed by atoms with Gasteiger partial charge in [0.2, 0.25) is 5.91 Å². The van der Waals surface area contributed by atoms with Crippen LogP contribution in [-0.4, -0.2) is 62.5 Å². The first-order valence-corrected chi connectivity index (χ1v) is 13.2. The van der Waals surface area contributed by atoms with Crippen LogP contribution in [0.15, 0.2) is 60.0 Å². The van der Waals surface area contributed by atoms with Crippen molar-refractivity contribution in [2.75, 3.05) is 36.8 Å². The molecule has 2 unspecified atom stereocenters. The molecule has 7 nitrogen and oxygen atoms in total. The Morgan fingerprint density at radius 1 is 1.00 bits per heavy atom. The number of nitrogens with zero attached hydrogens (tertiary/aromatic N) is 6. The number of rotatable bonds is 6. The summed E-state index contributed by atoms with van der Waals surface area (Å²) in [7, 11) is 0. The van der Waals surface area contributed by atoms with Crippen LogP contribution in [0.4, 0.5) is 5.69 Å². The minimum absolute atomic E-state index is 0.173. The fourth-order valence-corrected chi connectivity index (χ4v) is 6.01. The first kappa shape index (κ1) is 22.9. The number of piperazine rings is 1. The summed E-state index contributed by atoms with van der Waals surface area (Å²) in [6, 6.07) is 14.7. The first-order chi connectivity index (χ1) is 16.7. The van der Waals surface area contributed by atoms with Crippen LogP contribution in [0.1, 0.15) is 38.6 Å². The summed E-state index contributed by atoms with van der Waals surface area (Å²) in [6.07, 6.45) is 8.45. The van der Waals surface area contributed by atoms with E-state index in [0.29, 0.717) is 17.7 Å². The first-order valence-electron chi connectivity index (χ1n) is 12.3. The van der Waals surface area contributed by atoms with Crippen molar-refractivity contribution < 1.29 is 4.79 Å². The van der Waals surface area contributed by atoms with E-state index < -0.39 is 0 Å². The average Bonchev–Trinajstić information content (AvgIpc) is 3.32. The highest BCUT2D eigenvalue weighted by Crippen LogP contribution is 2.38. The van der Waals surface area contributed by atoms with Gasteiger partial charge >= 0.3 is 0 Å². The van der Waals surface area contributed by atoms with E-state index in [1.165, 1.54) is 36.7 Å². The summed E-state index contributed by atoms with van der Waals surface area (Å²) >= 11 is 1.52. The summed E-state index contributed by atoms with van der Waals surface area (Å²) in [4.78, 5) is 21.7. The van der Waals surface area contributed by atoms with E-state index in [4.69, 9.17) is 0 Å². The molecule has 0 spiro atoms. The van der Waals surface area contributed by atoms with Crippen LogP contribution in [0, 0.1) is 5.92 Å². The summed E-state index contributed by atoms with van der Waals surface area (Å²) in [5.74, 6) is 1.98.